The second-order valence-corrected chi connectivity index (χ2v) is 12.1. The summed E-state index contributed by atoms with van der Waals surface area (Å²) in [6.45, 7) is 17.9. The molecular formula is C27H42O5. The Morgan fingerprint density at radius 3 is 2.25 bits per heavy atom. The predicted octanol–water partition coefficient (Wildman–Crippen LogP) is 5.37. The predicted molar refractivity (Wildman–Crippen MR) is 125 cm³/mol. The Balaban J connectivity index is 2.14. The van der Waals surface area contributed by atoms with Crippen molar-refractivity contribution in [3.8, 4) is 0 Å². The van der Waals surface area contributed by atoms with E-state index in [1.807, 2.05) is 20.8 Å². The number of fused-ring (bicyclic) bond motifs is 3. The molecule has 0 amide bonds. The van der Waals surface area contributed by atoms with E-state index in [2.05, 4.69) is 27.4 Å². The maximum absolute atomic E-state index is 12.7. The number of ether oxygens (including phenoxy) is 2. The van der Waals surface area contributed by atoms with E-state index in [0.29, 0.717) is 18.8 Å². The van der Waals surface area contributed by atoms with E-state index >= 15 is 0 Å². The van der Waals surface area contributed by atoms with Gasteiger partial charge in [-0.25, -0.2) is 4.79 Å². The molecule has 1 N–H and O–H groups in total. The molecule has 0 radical (unpaired) electrons. The van der Waals surface area contributed by atoms with Gasteiger partial charge in [-0.15, -0.1) is 6.58 Å². The van der Waals surface area contributed by atoms with Crippen LogP contribution in [0.25, 0.3) is 0 Å². The molecule has 3 saturated carbocycles. The standard InChI is InChI=1S/C27H42O5/c1-9-25(7)16-27(30)14-11-19-24(5,6)12-10-13-26(19,8)22(27)21(31-18(4)28)23(25)32-20(29)15-17(2)3/h9,15,19,21-23,30H,1,10-14,16H2,2-8H3. The van der Waals surface area contributed by atoms with Gasteiger partial charge in [-0.3, -0.25) is 4.79 Å². The number of allylic oxidation sites excluding steroid dienone is 1. The van der Waals surface area contributed by atoms with Crippen LogP contribution >= 0.6 is 0 Å². The van der Waals surface area contributed by atoms with Gasteiger partial charge in [-0.2, -0.15) is 0 Å². The highest BCUT2D eigenvalue weighted by atomic mass is 16.6. The van der Waals surface area contributed by atoms with E-state index in [4.69, 9.17) is 9.47 Å². The van der Waals surface area contributed by atoms with E-state index in [-0.39, 0.29) is 16.7 Å². The lowest BCUT2D eigenvalue weighted by molar-refractivity contribution is -0.272. The third-order valence-electron chi connectivity index (χ3n) is 8.81. The first-order valence-electron chi connectivity index (χ1n) is 12.1. The smallest absolute Gasteiger partial charge is 0.331 e. The van der Waals surface area contributed by atoms with E-state index in [0.717, 1.165) is 31.3 Å². The maximum atomic E-state index is 12.7. The van der Waals surface area contributed by atoms with E-state index in [1.165, 1.54) is 13.0 Å². The zero-order valence-corrected chi connectivity index (χ0v) is 21.0. The molecule has 0 heterocycles. The third kappa shape index (κ3) is 4.18. The SMILES string of the molecule is C=CC1(C)CC2(O)CCC3C(C)(C)CCCC3(C)C2C(OC(C)=O)C1OC(=O)C=C(C)C. The van der Waals surface area contributed by atoms with Gasteiger partial charge in [0, 0.05) is 24.3 Å². The molecule has 0 aromatic heterocycles. The van der Waals surface area contributed by atoms with Gasteiger partial charge in [0.25, 0.3) is 0 Å². The molecule has 0 aromatic rings. The van der Waals surface area contributed by atoms with Crippen molar-refractivity contribution in [1.29, 1.82) is 0 Å². The summed E-state index contributed by atoms with van der Waals surface area (Å²) in [7, 11) is 0. The van der Waals surface area contributed by atoms with Crippen LogP contribution in [-0.4, -0.2) is 34.9 Å². The van der Waals surface area contributed by atoms with E-state index in [9.17, 15) is 14.7 Å². The van der Waals surface area contributed by atoms with Crippen molar-refractivity contribution in [1.82, 2.24) is 0 Å². The average molecular weight is 447 g/mol. The van der Waals surface area contributed by atoms with Gasteiger partial charge in [0.1, 0.15) is 12.2 Å². The summed E-state index contributed by atoms with van der Waals surface area (Å²) in [4.78, 5) is 25.0. The Kier molecular flexibility index (Phi) is 6.49. The molecule has 3 fully saturated rings. The number of aliphatic hydroxyl groups is 1. The van der Waals surface area contributed by atoms with Crippen molar-refractivity contribution in [3.63, 3.8) is 0 Å². The normalized spacial score (nSPS) is 42.6. The highest BCUT2D eigenvalue weighted by Gasteiger charge is 2.68. The molecule has 0 aromatic carbocycles. The first-order valence-corrected chi connectivity index (χ1v) is 12.1. The molecular weight excluding hydrogens is 404 g/mol. The summed E-state index contributed by atoms with van der Waals surface area (Å²) in [5, 5.41) is 12.1. The fourth-order valence-corrected chi connectivity index (χ4v) is 7.72. The van der Waals surface area contributed by atoms with Crippen molar-refractivity contribution in [3.05, 3.63) is 24.3 Å². The maximum Gasteiger partial charge on any atom is 0.331 e. The van der Waals surface area contributed by atoms with Gasteiger partial charge in [0.15, 0.2) is 0 Å². The summed E-state index contributed by atoms with van der Waals surface area (Å²) in [6, 6.07) is 0. The van der Waals surface area contributed by atoms with Crippen LogP contribution in [0.5, 0.6) is 0 Å². The highest BCUT2D eigenvalue weighted by Crippen LogP contribution is 2.67. The molecule has 3 rings (SSSR count). The van der Waals surface area contributed by atoms with Crippen molar-refractivity contribution in [2.45, 2.75) is 105 Å². The van der Waals surface area contributed by atoms with Crippen LogP contribution < -0.4 is 0 Å². The lowest BCUT2D eigenvalue weighted by Crippen LogP contribution is -2.70. The summed E-state index contributed by atoms with van der Waals surface area (Å²) in [6.07, 6.45) is 6.99. The zero-order valence-electron chi connectivity index (χ0n) is 21.0. The van der Waals surface area contributed by atoms with Crippen molar-refractivity contribution in [2.75, 3.05) is 0 Å². The first-order chi connectivity index (χ1) is 14.7. The van der Waals surface area contributed by atoms with Gasteiger partial charge < -0.3 is 14.6 Å². The second kappa shape index (κ2) is 8.30. The van der Waals surface area contributed by atoms with Crippen LogP contribution in [-0.2, 0) is 19.1 Å². The molecule has 5 heteroatoms. The van der Waals surface area contributed by atoms with Crippen LogP contribution in [0.4, 0.5) is 0 Å². The van der Waals surface area contributed by atoms with E-state index < -0.39 is 35.2 Å². The topological polar surface area (TPSA) is 72.8 Å². The Labute approximate surface area is 193 Å². The van der Waals surface area contributed by atoms with Crippen molar-refractivity contribution < 1.29 is 24.2 Å². The van der Waals surface area contributed by atoms with Crippen LogP contribution in [0.2, 0.25) is 0 Å². The molecule has 3 aliphatic rings. The molecule has 7 unspecified atom stereocenters. The minimum atomic E-state index is -1.01. The second-order valence-electron chi connectivity index (χ2n) is 12.1. The Morgan fingerprint density at radius 1 is 1.03 bits per heavy atom. The molecule has 5 nitrogen and oxygen atoms in total. The number of esters is 2. The molecule has 32 heavy (non-hydrogen) atoms. The van der Waals surface area contributed by atoms with E-state index in [1.54, 1.807) is 6.08 Å². The number of hydrogen-bond donors (Lipinski definition) is 1. The van der Waals surface area contributed by atoms with Gasteiger partial charge >= 0.3 is 11.9 Å². The molecule has 0 aliphatic heterocycles. The zero-order chi connectivity index (χ0) is 24.1. The first kappa shape index (κ1) is 25.0. The molecule has 3 aliphatic carbocycles. The Morgan fingerprint density at radius 2 is 1.69 bits per heavy atom. The summed E-state index contributed by atoms with van der Waals surface area (Å²) < 4.78 is 12.0. The fourth-order valence-electron chi connectivity index (χ4n) is 7.72. The fraction of sp³-hybridized carbons (Fsp3) is 0.778. The molecule has 7 atom stereocenters. The molecule has 0 saturated heterocycles. The van der Waals surface area contributed by atoms with Crippen LogP contribution in [0.15, 0.2) is 24.3 Å². The van der Waals surface area contributed by atoms with Crippen LogP contribution in [0, 0.1) is 28.1 Å². The number of hydrogen-bond acceptors (Lipinski definition) is 5. The summed E-state index contributed by atoms with van der Waals surface area (Å²) in [5.41, 5.74) is -0.975. The monoisotopic (exact) mass is 446 g/mol. The lowest BCUT2D eigenvalue weighted by Gasteiger charge is -2.66. The Hall–Kier alpha value is -1.62. The minimum Gasteiger partial charge on any atom is -0.458 e. The minimum absolute atomic E-state index is 0.141. The highest BCUT2D eigenvalue weighted by molar-refractivity contribution is 5.83. The van der Waals surface area contributed by atoms with Crippen LogP contribution in [0.1, 0.15) is 87.0 Å². The average Bonchev–Trinajstić information content (AvgIpc) is 2.62. The third-order valence-corrected chi connectivity index (χ3v) is 8.81. The summed E-state index contributed by atoms with van der Waals surface area (Å²) in [5.74, 6) is -0.786. The largest absolute Gasteiger partial charge is 0.458 e. The quantitative estimate of drug-likeness (QED) is 0.357. The Bertz CT molecular complexity index is 809. The van der Waals surface area contributed by atoms with Gasteiger partial charge in [-0.1, -0.05) is 45.8 Å². The van der Waals surface area contributed by atoms with Gasteiger partial charge in [0.05, 0.1) is 5.60 Å². The van der Waals surface area contributed by atoms with Crippen molar-refractivity contribution in [2.24, 2.45) is 28.1 Å². The number of rotatable bonds is 4. The van der Waals surface area contributed by atoms with Gasteiger partial charge in [-0.05, 0) is 62.7 Å². The van der Waals surface area contributed by atoms with Crippen molar-refractivity contribution >= 4 is 11.9 Å². The summed E-state index contributed by atoms with van der Waals surface area (Å²) >= 11 is 0. The number of carbonyl (C=O) groups excluding carboxylic acids is 2. The molecule has 0 bridgehead atoms. The lowest BCUT2D eigenvalue weighted by atomic mass is 9.41. The molecule has 180 valence electrons. The van der Waals surface area contributed by atoms with Gasteiger partial charge in [0.2, 0.25) is 0 Å². The molecule has 0 spiro atoms. The number of carbonyl (C=O) groups is 2. The van der Waals surface area contributed by atoms with Crippen LogP contribution in [0.3, 0.4) is 0 Å².